The molecule has 3 nitrogen and oxygen atoms in total. The first-order valence-electron chi connectivity index (χ1n) is 5.39. The topological polar surface area (TPSA) is 43.4 Å². The first-order chi connectivity index (χ1) is 7.91. The van der Waals surface area contributed by atoms with Crippen molar-refractivity contribution in [1.82, 2.24) is 0 Å². The van der Waals surface area contributed by atoms with Crippen LogP contribution in [0.15, 0.2) is 24.3 Å². The van der Waals surface area contributed by atoms with E-state index in [-0.39, 0.29) is 5.92 Å². The quantitative estimate of drug-likeness (QED) is 0.615. The Balaban J connectivity index is 2.97. The molecule has 4 heteroatoms. The zero-order valence-corrected chi connectivity index (χ0v) is 10.8. The Morgan fingerprint density at radius 3 is 2.12 bits per heavy atom. The van der Waals surface area contributed by atoms with Crippen LogP contribution in [0, 0.1) is 5.92 Å². The van der Waals surface area contributed by atoms with Gasteiger partial charge in [0, 0.05) is 11.9 Å². The number of esters is 2. The number of carbonyl (C=O) groups is 2. The van der Waals surface area contributed by atoms with E-state index in [1.165, 1.54) is 6.92 Å². The highest BCUT2D eigenvalue weighted by atomic mass is 35.5. The van der Waals surface area contributed by atoms with Gasteiger partial charge in [-0.3, -0.25) is 9.59 Å². The summed E-state index contributed by atoms with van der Waals surface area (Å²) in [6.07, 6.45) is 0. The Hall–Kier alpha value is -1.35. The average Bonchev–Trinajstić information content (AvgIpc) is 2.19. The van der Waals surface area contributed by atoms with Crippen molar-refractivity contribution in [2.75, 3.05) is 0 Å². The summed E-state index contributed by atoms with van der Waals surface area (Å²) in [4.78, 5) is 22.6. The molecule has 1 rings (SSSR count). The first-order valence-corrected chi connectivity index (χ1v) is 5.77. The van der Waals surface area contributed by atoms with Gasteiger partial charge >= 0.3 is 11.9 Å². The number of hydrogen-bond acceptors (Lipinski definition) is 3. The van der Waals surface area contributed by atoms with Crippen LogP contribution >= 0.6 is 11.6 Å². The molecule has 1 unspecified atom stereocenters. The van der Waals surface area contributed by atoms with Crippen molar-refractivity contribution in [2.24, 2.45) is 5.92 Å². The minimum Gasteiger partial charge on any atom is -0.393 e. The monoisotopic (exact) mass is 254 g/mol. The van der Waals surface area contributed by atoms with Gasteiger partial charge in [0.25, 0.3) is 0 Å². The third-order valence-corrected chi connectivity index (χ3v) is 2.65. The lowest BCUT2D eigenvalue weighted by molar-refractivity contribution is -0.159. The van der Waals surface area contributed by atoms with Crippen LogP contribution < -0.4 is 0 Å². The fraction of sp³-hybridized carbons (Fsp3) is 0.385. The summed E-state index contributed by atoms with van der Waals surface area (Å²) in [5, 5.41) is 0.608. The zero-order valence-electron chi connectivity index (χ0n) is 10.1. The van der Waals surface area contributed by atoms with Gasteiger partial charge in [-0.1, -0.05) is 37.6 Å². The lowest BCUT2D eigenvalue weighted by Gasteiger charge is -2.18. The second kappa shape index (κ2) is 5.82. The van der Waals surface area contributed by atoms with E-state index in [9.17, 15) is 9.59 Å². The third-order valence-electron chi connectivity index (χ3n) is 2.39. The Morgan fingerprint density at radius 2 is 1.71 bits per heavy atom. The van der Waals surface area contributed by atoms with E-state index >= 15 is 0 Å². The molecule has 92 valence electrons. The summed E-state index contributed by atoms with van der Waals surface area (Å²) in [6, 6.07) is 6.98. The molecule has 0 aliphatic heterocycles. The maximum Gasteiger partial charge on any atom is 0.321 e. The van der Waals surface area contributed by atoms with E-state index in [2.05, 4.69) is 4.74 Å². The van der Waals surface area contributed by atoms with Gasteiger partial charge in [-0.25, -0.2) is 0 Å². The fourth-order valence-electron chi connectivity index (χ4n) is 1.67. The highest BCUT2D eigenvalue weighted by Crippen LogP contribution is 2.27. The summed E-state index contributed by atoms with van der Waals surface area (Å²) in [6.45, 7) is 5.03. The van der Waals surface area contributed by atoms with Gasteiger partial charge in [-0.05, 0) is 23.6 Å². The van der Waals surface area contributed by atoms with Gasteiger partial charge in [0.15, 0.2) is 0 Å². The van der Waals surface area contributed by atoms with Crippen LogP contribution in [-0.2, 0) is 14.3 Å². The fourth-order valence-corrected chi connectivity index (χ4v) is 1.79. The van der Waals surface area contributed by atoms with Crippen LogP contribution in [-0.4, -0.2) is 11.9 Å². The number of hydrogen-bond donors (Lipinski definition) is 0. The number of ether oxygens (including phenoxy) is 1. The van der Waals surface area contributed by atoms with Gasteiger partial charge in [0.1, 0.15) is 0 Å². The SMILES string of the molecule is CC(=O)OC(=O)C(c1ccc(Cl)cc1)C(C)C. The highest BCUT2D eigenvalue weighted by Gasteiger charge is 2.26. The molecule has 0 radical (unpaired) electrons. The molecule has 1 aromatic carbocycles. The van der Waals surface area contributed by atoms with Crippen LogP contribution in [0.25, 0.3) is 0 Å². The van der Waals surface area contributed by atoms with Crippen LogP contribution in [0.2, 0.25) is 5.02 Å². The van der Waals surface area contributed by atoms with E-state index in [0.29, 0.717) is 5.02 Å². The van der Waals surface area contributed by atoms with Crippen LogP contribution in [0.5, 0.6) is 0 Å². The molecular weight excluding hydrogens is 240 g/mol. The van der Waals surface area contributed by atoms with Crippen LogP contribution in [0.3, 0.4) is 0 Å². The van der Waals surface area contributed by atoms with Gasteiger partial charge in [0.2, 0.25) is 0 Å². The average molecular weight is 255 g/mol. The second-order valence-corrected chi connectivity index (χ2v) is 4.62. The second-order valence-electron chi connectivity index (χ2n) is 4.19. The predicted octanol–water partition coefficient (Wildman–Crippen LogP) is 3.17. The van der Waals surface area contributed by atoms with E-state index in [0.717, 1.165) is 5.56 Å². The predicted molar refractivity (Wildman–Crippen MR) is 65.8 cm³/mol. The molecule has 0 heterocycles. The highest BCUT2D eigenvalue weighted by molar-refractivity contribution is 6.30. The van der Waals surface area contributed by atoms with Crippen molar-refractivity contribution < 1.29 is 14.3 Å². The van der Waals surface area contributed by atoms with Crippen molar-refractivity contribution >= 4 is 23.5 Å². The molecule has 0 saturated heterocycles. The molecule has 0 amide bonds. The number of carbonyl (C=O) groups excluding carboxylic acids is 2. The summed E-state index contributed by atoms with van der Waals surface area (Å²) >= 11 is 5.79. The molecule has 0 bridgehead atoms. The van der Waals surface area contributed by atoms with Gasteiger partial charge in [-0.15, -0.1) is 0 Å². The van der Waals surface area contributed by atoms with Crippen LogP contribution in [0.1, 0.15) is 32.3 Å². The summed E-state index contributed by atoms with van der Waals surface area (Å²) < 4.78 is 4.65. The maximum atomic E-state index is 11.8. The summed E-state index contributed by atoms with van der Waals surface area (Å²) in [7, 11) is 0. The standard InChI is InChI=1S/C13H15ClO3/c1-8(2)12(13(16)17-9(3)15)10-4-6-11(14)7-5-10/h4-8,12H,1-3H3. The van der Waals surface area contributed by atoms with E-state index in [4.69, 9.17) is 11.6 Å². The Kier molecular flexibility index (Phi) is 4.70. The normalized spacial score (nSPS) is 12.3. The van der Waals surface area contributed by atoms with Crippen molar-refractivity contribution in [1.29, 1.82) is 0 Å². The van der Waals surface area contributed by atoms with Gasteiger partial charge in [0.05, 0.1) is 5.92 Å². The molecule has 0 saturated carbocycles. The third kappa shape index (κ3) is 3.86. The van der Waals surface area contributed by atoms with Gasteiger partial charge < -0.3 is 4.74 Å². The molecule has 0 N–H and O–H groups in total. The molecule has 0 spiro atoms. The number of benzene rings is 1. The molecule has 0 aliphatic rings. The minimum absolute atomic E-state index is 0.0445. The zero-order chi connectivity index (χ0) is 13.0. The van der Waals surface area contributed by atoms with Crippen molar-refractivity contribution in [2.45, 2.75) is 26.7 Å². The Morgan fingerprint density at radius 1 is 1.18 bits per heavy atom. The molecule has 0 aromatic heterocycles. The first kappa shape index (κ1) is 13.7. The van der Waals surface area contributed by atoms with Gasteiger partial charge in [-0.2, -0.15) is 0 Å². The smallest absolute Gasteiger partial charge is 0.321 e. The van der Waals surface area contributed by atoms with Crippen LogP contribution in [0.4, 0.5) is 0 Å². The molecule has 0 aliphatic carbocycles. The molecule has 1 aromatic rings. The maximum absolute atomic E-state index is 11.8. The summed E-state index contributed by atoms with van der Waals surface area (Å²) in [5.41, 5.74) is 0.802. The molecular formula is C13H15ClO3. The Labute approximate surface area is 106 Å². The Bertz CT molecular complexity index is 409. The van der Waals surface area contributed by atoms with E-state index < -0.39 is 17.9 Å². The van der Waals surface area contributed by atoms with E-state index in [1.807, 2.05) is 13.8 Å². The lowest BCUT2D eigenvalue weighted by Crippen LogP contribution is -2.22. The van der Waals surface area contributed by atoms with Crippen molar-refractivity contribution in [3.05, 3.63) is 34.9 Å². The van der Waals surface area contributed by atoms with Crippen molar-refractivity contribution in [3.63, 3.8) is 0 Å². The largest absolute Gasteiger partial charge is 0.393 e. The van der Waals surface area contributed by atoms with Crippen molar-refractivity contribution in [3.8, 4) is 0 Å². The number of halogens is 1. The molecule has 1 atom stereocenters. The minimum atomic E-state index is -0.588. The summed E-state index contributed by atoms with van der Waals surface area (Å²) in [5.74, 6) is -1.51. The molecule has 17 heavy (non-hydrogen) atoms. The lowest BCUT2D eigenvalue weighted by atomic mass is 9.88. The number of rotatable bonds is 3. The van der Waals surface area contributed by atoms with E-state index in [1.54, 1.807) is 24.3 Å². The molecule has 0 fully saturated rings.